The molecule has 0 unspecified atom stereocenters. The molecule has 3 aromatic rings. The zero-order valence-corrected chi connectivity index (χ0v) is 16.2. The van der Waals surface area contributed by atoms with Crippen molar-refractivity contribution >= 4 is 11.6 Å². The molecule has 0 aliphatic carbocycles. The maximum atomic E-state index is 12.7. The Balaban J connectivity index is 1.42. The van der Waals surface area contributed by atoms with Crippen LogP contribution in [0.3, 0.4) is 0 Å². The summed E-state index contributed by atoms with van der Waals surface area (Å²) < 4.78 is 11.9. The summed E-state index contributed by atoms with van der Waals surface area (Å²) in [5, 5.41) is 4.27. The van der Waals surface area contributed by atoms with Crippen LogP contribution in [0.2, 0.25) is 0 Å². The van der Waals surface area contributed by atoms with Crippen molar-refractivity contribution in [3.05, 3.63) is 65.1 Å². The second-order valence-corrected chi connectivity index (χ2v) is 6.73. The number of piperazine rings is 1. The minimum absolute atomic E-state index is 0.0952. The van der Waals surface area contributed by atoms with E-state index in [0.717, 1.165) is 11.4 Å². The first-order chi connectivity index (χ1) is 14.2. The molecule has 1 saturated heterocycles. The Hall–Kier alpha value is -3.55. The Bertz CT molecular complexity index is 1040. The number of methoxy groups -OCH3 is 1. The van der Waals surface area contributed by atoms with Gasteiger partial charge in [0.25, 0.3) is 5.56 Å². The molecule has 8 nitrogen and oxygen atoms in total. The van der Waals surface area contributed by atoms with Gasteiger partial charge in [-0.15, -0.1) is 0 Å². The van der Waals surface area contributed by atoms with E-state index >= 15 is 0 Å². The lowest BCUT2D eigenvalue weighted by atomic mass is 10.2. The minimum atomic E-state index is -0.318. The molecule has 3 heterocycles. The molecular weight excluding hydrogens is 372 g/mol. The van der Waals surface area contributed by atoms with Gasteiger partial charge in [-0.1, -0.05) is 12.1 Å². The summed E-state index contributed by atoms with van der Waals surface area (Å²) in [6.07, 6.45) is 1.54. The zero-order valence-electron chi connectivity index (χ0n) is 16.2. The number of hydrogen-bond acceptors (Lipinski definition) is 6. The summed E-state index contributed by atoms with van der Waals surface area (Å²) in [5.41, 5.74) is 1.22. The van der Waals surface area contributed by atoms with E-state index in [1.807, 2.05) is 24.3 Å². The first kappa shape index (κ1) is 18.8. The van der Waals surface area contributed by atoms with E-state index in [1.165, 1.54) is 10.7 Å². The quantitative estimate of drug-likeness (QED) is 0.657. The number of carbonyl (C=O) groups excluding carboxylic acids is 1. The SMILES string of the molecule is COc1ccccc1N1CCN(C(=O)Cn2nc(-c3ccco3)ccc2=O)CC1. The van der Waals surface area contributed by atoms with E-state index < -0.39 is 0 Å². The fraction of sp³-hybridized carbons (Fsp3) is 0.286. The van der Waals surface area contributed by atoms with Crippen LogP contribution < -0.4 is 15.2 Å². The van der Waals surface area contributed by atoms with Gasteiger partial charge in [0.15, 0.2) is 5.76 Å². The van der Waals surface area contributed by atoms with Crippen molar-refractivity contribution in [1.29, 1.82) is 0 Å². The van der Waals surface area contributed by atoms with Crippen LogP contribution in [0.25, 0.3) is 11.5 Å². The Kier molecular flexibility index (Phi) is 5.33. The van der Waals surface area contributed by atoms with E-state index in [-0.39, 0.29) is 18.0 Å². The molecule has 2 aromatic heterocycles. The molecule has 1 aromatic carbocycles. The first-order valence-electron chi connectivity index (χ1n) is 9.43. The highest BCUT2D eigenvalue weighted by molar-refractivity contribution is 5.76. The minimum Gasteiger partial charge on any atom is -0.495 e. The third kappa shape index (κ3) is 4.01. The molecule has 29 heavy (non-hydrogen) atoms. The van der Waals surface area contributed by atoms with Crippen molar-refractivity contribution in [3.8, 4) is 17.2 Å². The number of amides is 1. The molecule has 1 aliphatic heterocycles. The average molecular weight is 394 g/mol. The lowest BCUT2D eigenvalue weighted by molar-refractivity contribution is -0.132. The fourth-order valence-electron chi connectivity index (χ4n) is 3.43. The second kappa shape index (κ2) is 8.22. The predicted molar refractivity (Wildman–Crippen MR) is 108 cm³/mol. The molecule has 0 N–H and O–H groups in total. The Morgan fingerprint density at radius 3 is 2.59 bits per heavy atom. The van der Waals surface area contributed by atoms with Gasteiger partial charge in [0.1, 0.15) is 18.0 Å². The number of benzene rings is 1. The van der Waals surface area contributed by atoms with E-state index in [1.54, 1.807) is 36.5 Å². The number of aromatic nitrogens is 2. The first-order valence-corrected chi connectivity index (χ1v) is 9.43. The summed E-state index contributed by atoms with van der Waals surface area (Å²) in [7, 11) is 1.65. The summed E-state index contributed by atoms with van der Waals surface area (Å²) >= 11 is 0. The van der Waals surface area contributed by atoms with Crippen LogP contribution in [0.4, 0.5) is 5.69 Å². The highest BCUT2D eigenvalue weighted by Gasteiger charge is 2.23. The number of para-hydroxylation sites is 2. The van der Waals surface area contributed by atoms with Crippen LogP contribution in [0, 0.1) is 0 Å². The maximum absolute atomic E-state index is 12.7. The lowest BCUT2D eigenvalue weighted by Gasteiger charge is -2.36. The summed E-state index contributed by atoms with van der Waals surface area (Å²) in [6.45, 7) is 2.44. The number of rotatable bonds is 5. The van der Waals surface area contributed by atoms with E-state index in [9.17, 15) is 9.59 Å². The molecule has 4 rings (SSSR count). The van der Waals surface area contributed by atoms with Gasteiger partial charge < -0.3 is 19.0 Å². The molecule has 1 amide bonds. The van der Waals surface area contributed by atoms with Gasteiger partial charge in [-0.2, -0.15) is 5.10 Å². The van der Waals surface area contributed by atoms with Gasteiger partial charge in [0.2, 0.25) is 5.91 Å². The number of carbonyl (C=O) groups is 1. The van der Waals surface area contributed by atoms with Gasteiger partial charge in [0.05, 0.1) is 19.1 Å². The highest BCUT2D eigenvalue weighted by atomic mass is 16.5. The van der Waals surface area contributed by atoms with Crippen LogP contribution >= 0.6 is 0 Å². The van der Waals surface area contributed by atoms with Crippen LogP contribution in [0.5, 0.6) is 5.75 Å². The van der Waals surface area contributed by atoms with Gasteiger partial charge in [-0.25, -0.2) is 4.68 Å². The van der Waals surface area contributed by atoms with Crippen molar-refractivity contribution in [3.63, 3.8) is 0 Å². The zero-order chi connectivity index (χ0) is 20.2. The third-order valence-electron chi connectivity index (χ3n) is 4.98. The topological polar surface area (TPSA) is 80.8 Å². The van der Waals surface area contributed by atoms with Crippen molar-refractivity contribution in [1.82, 2.24) is 14.7 Å². The van der Waals surface area contributed by atoms with Crippen molar-refractivity contribution in [2.24, 2.45) is 0 Å². The van der Waals surface area contributed by atoms with Crippen LogP contribution in [-0.2, 0) is 11.3 Å². The second-order valence-electron chi connectivity index (χ2n) is 6.73. The lowest BCUT2D eigenvalue weighted by Crippen LogP contribution is -2.50. The van der Waals surface area contributed by atoms with Crippen molar-refractivity contribution in [2.75, 3.05) is 38.2 Å². The average Bonchev–Trinajstić information content (AvgIpc) is 3.30. The third-order valence-corrected chi connectivity index (χ3v) is 4.98. The highest BCUT2D eigenvalue weighted by Crippen LogP contribution is 2.28. The Labute approximate surface area is 167 Å². The summed E-state index contributed by atoms with van der Waals surface area (Å²) in [6, 6.07) is 14.3. The van der Waals surface area contributed by atoms with Gasteiger partial charge in [0, 0.05) is 32.2 Å². The Morgan fingerprint density at radius 2 is 1.86 bits per heavy atom. The van der Waals surface area contributed by atoms with Gasteiger partial charge >= 0.3 is 0 Å². The van der Waals surface area contributed by atoms with Crippen molar-refractivity contribution in [2.45, 2.75) is 6.54 Å². The Morgan fingerprint density at radius 1 is 1.07 bits per heavy atom. The van der Waals surface area contributed by atoms with E-state index in [0.29, 0.717) is 37.6 Å². The van der Waals surface area contributed by atoms with Crippen LogP contribution in [0.1, 0.15) is 0 Å². The number of furan rings is 1. The maximum Gasteiger partial charge on any atom is 0.267 e. The molecule has 1 aliphatic rings. The normalized spacial score (nSPS) is 14.1. The van der Waals surface area contributed by atoms with Crippen molar-refractivity contribution < 1.29 is 13.9 Å². The van der Waals surface area contributed by atoms with Crippen LogP contribution in [-0.4, -0.2) is 53.9 Å². The largest absolute Gasteiger partial charge is 0.495 e. The molecule has 0 saturated carbocycles. The molecule has 0 spiro atoms. The number of nitrogens with zero attached hydrogens (tertiary/aromatic N) is 4. The molecule has 0 bridgehead atoms. The number of ether oxygens (including phenoxy) is 1. The smallest absolute Gasteiger partial charge is 0.267 e. The van der Waals surface area contributed by atoms with E-state index in [4.69, 9.17) is 9.15 Å². The standard InChI is InChI=1S/C21H22N4O4/c1-28-19-6-3-2-5-17(19)23-10-12-24(13-11-23)21(27)15-25-20(26)9-8-16(22-25)18-7-4-14-29-18/h2-9,14H,10-13,15H2,1H3. The van der Waals surface area contributed by atoms with Gasteiger partial charge in [-0.3, -0.25) is 9.59 Å². The van der Waals surface area contributed by atoms with Crippen LogP contribution in [0.15, 0.2) is 64.0 Å². The molecule has 0 atom stereocenters. The van der Waals surface area contributed by atoms with Gasteiger partial charge in [-0.05, 0) is 30.3 Å². The fourth-order valence-corrected chi connectivity index (χ4v) is 3.43. The molecular formula is C21H22N4O4. The number of hydrogen-bond donors (Lipinski definition) is 0. The molecule has 0 radical (unpaired) electrons. The summed E-state index contributed by atoms with van der Waals surface area (Å²) in [4.78, 5) is 28.8. The molecule has 1 fully saturated rings. The number of anilines is 1. The summed E-state index contributed by atoms with van der Waals surface area (Å²) in [5.74, 6) is 1.24. The predicted octanol–water partition coefficient (Wildman–Crippen LogP) is 1.86. The van der Waals surface area contributed by atoms with E-state index in [2.05, 4.69) is 10.00 Å². The molecule has 150 valence electrons. The monoisotopic (exact) mass is 394 g/mol. The molecule has 8 heteroatoms.